The molecule has 1 saturated heterocycles. The van der Waals surface area contributed by atoms with Gasteiger partial charge in [0.2, 0.25) is 5.91 Å². The summed E-state index contributed by atoms with van der Waals surface area (Å²) in [5, 5.41) is 6.71. The Labute approximate surface area is 128 Å². The zero-order valence-corrected chi connectivity index (χ0v) is 13.6. The van der Waals surface area contributed by atoms with Gasteiger partial charge in [-0.05, 0) is 44.7 Å². The van der Waals surface area contributed by atoms with Crippen LogP contribution in [0, 0.1) is 11.3 Å². The molecule has 1 saturated carbocycles. The predicted octanol–water partition coefficient (Wildman–Crippen LogP) is 2.12. The second kappa shape index (κ2) is 8.20. The molecule has 1 heterocycles. The molecule has 5 heteroatoms. The third kappa shape index (κ3) is 4.09. The molecule has 2 fully saturated rings. The van der Waals surface area contributed by atoms with Gasteiger partial charge in [0.15, 0.2) is 0 Å². The molecule has 0 bridgehead atoms. The molecular formula is C15H29ClN2O2. The first-order valence-corrected chi connectivity index (χ1v) is 7.68. The monoisotopic (exact) mass is 304 g/mol. The molecule has 1 aliphatic heterocycles. The van der Waals surface area contributed by atoms with Crippen LogP contribution < -0.4 is 10.6 Å². The van der Waals surface area contributed by atoms with Crippen molar-refractivity contribution in [2.24, 2.45) is 11.3 Å². The highest BCUT2D eigenvalue weighted by atomic mass is 35.5. The highest BCUT2D eigenvalue weighted by Gasteiger charge is 2.41. The first-order chi connectivity index (χ1) is 9.18. The Balaban J connectivity index is 0.00000200. The lowest BCUT2D eigenvalue weighted by Crippen LogP contribution is -2.52. The number of rotatable bonds is 5. The summed E-state index contributed by atoms with van der Waals surface area (Å²) >= 11 is 0. The maximum atomic E-state index is 12.7. The fourth-order valence-corrected chi connectivity index (χ4v) is 3.49. The molecule has 0 spiro atoms. The van der Waals surface area contributed by atoms with Gasteiger partial charge in [0.1, 0.15) is 0 Å². The van der Waals surface area contributed by atoms with E-state index in [0.29, 0.717) is 18.6 Å². The van der Waals surface area contributed by atoms with Crippen LogP contribution in [0.25, 0.3) is 0 Å². The van der Waals surface area contributed by atoms with E-state index >= 15 is 0 Å². The first kappa shape index (κ1) is 17.7. The van der Waals surface area contributed by atoms with Crippen molar-refractivity contribution in [2.75, 3.05) is 26.8 Å². The molecule has 2 unspecified atom stereocenters. The van der Waals surface area contributed by atoms with E-state index in [1.807, 2.05) is 0 Å². The lowest BCUT2D eigenvalue weighted by Gasteiger charge is -2.35. The fraction of sp³-hybridized carbons (Fsp3) is 0.933. The molecule has 4 nitrogen and oxygen atoms in total. The minimum absolute atomic E-state index is 0. The average molecular weight is 305 g/mol. The normalized spacial score (nSPS) is 28.7. The highest BCUT2D eigenvalue weighted by molar-refractivity contribution is 5.85. The Bertz CT molecular complexity index is 306. The van der Waals surface area contributed by atoms with Gasteiger partial charge in [-0.15, -0.1) is 12.4 Å². The molecule has 0 radical (unpaired) electrons. The summed E-state index contributed by atoms with van der Waals surface area (Å²) < 4.78 is 5.20. The van der Waals surface area contributed by atoms with Gasteiger partial charge in [-0.25, -0.2) is 0 Å². The van der Waals surface area contributed by atoms with Crippen LogP contribution >= 0.6 is 12.4 Å². The zero-order valence-electron chi connectivity index (χ0n) is 12.7. The number of halogens is 1. The molecule has 2 atom stereocenters. The van der Waals surface area contributed by atoms with Crippen molar-refractivity contribution in [1.82, 2.24) is 10.6 Å². The van der Waals surface area contributed by atoms with Gasteiger partial charge in [-0.1, -0.05) is 19.8 Å². The molecular weight excluding hydrogens is 276 g/mol. The summed E-state index contributed by atoms with van der Waals surface area (Å²) in [7, 11) is 1.72. The van der Waals surface area contributed by atoms with E-state index in [4.69, 9.17) is 4.74 Å². The Morgan fingerprint density at radius 1 is 1.40 bits per heavy atom. The Morgan fingerprint density at radius 2 is 2.10 bits per heavy atom. The van der Waals surface area contributed by atoms with Gasteiger partial charge in [0.05, 0.1) is 5.41 Å². The molecule has 2 N–H and O–H groups in total. The first-order valence-electron chi connectivity index (χ1n) is 7.68. The number of hydrogen-bond acceptors (Lipinski definition) is 3. The van der Waals surface area contributed by atoms with E-state index in [9.17, 15) is 4.79 Å². The van der Waals surface area contributed by atoms with Crippen LogP contribution in [0.4, 0.5) is 0 Å². The van der Waals surface area contributed by atoms with E-state index in [1.165, 1.54) is 12.8 Å². The second-order valence-electron chi connectivity index (χ2n) is 6.28. The van der Waals surface area contributed by atoms with Crippen LogP contribution in [-0.4, -0.2) is 38.8 Å². The largest absolute Gasteiger partial charge is 0.385 e. The summed E-state index contributed by atoms with van der Waals surface area (Å²) in [5.74, 6) is 0.805. The Hall–Kier alpha value is -0.320. The average Bonchev–Trinajstić information content (AvgIpc) is 2.89. The number of piperidine rings is 1. The highest BCUT2D eigenvalue weighted by Crippen LogP contribution is 2.41. The number of nitrogens with one attached hydrogen (secondary N) is 2. The zero-order chi connectivity index (χ0) is 13.7. The van der Waals surface area contributed by atoms with Crippen molar-refractivity contribution in [1.29, 1.82) is 0 Å². The van der Waals surface area contributed by atoms with E-state index in [2.05, 4.69) is 17.6 Å². The minimum Gasteiger partial charge on any atom is -0.385 e. The summed E-state index contributed by atoms with van der Waals surface area (Å²) in [5.41, 5.74) is -0.152. The van der Waals surface area contributed by atoms with Gasteiger partial charge in [-0.3, -0.25) is 4.79 Å². The van der Waals surface area contributed by atoms with Gasteiger partial charge in [0, 0.05) is 19.8 Å². The van der Waals surface area contributed by atoms with E-state index < -0.39 is 0 Å². The van der Waals surface area contributed by atoms with Crippen molar-refractivity contribution in [2.45, 2.75) is 51.5 Å². The lowest BCUT2D eigenvalue weighted by molar-refractivity contribution is -0.133. The molecule has 1 aliphatic carbocycles. The number of hydrogen-bond donors (Lipinski definition) is 2. The van der Waals surface area contributed by atoms with Gasteiger partial charge < -0.3 is 15.4 Å². The van der Waals surface area contributed by atoms with E-state index in [-0.39, 0.29) is 23.7 Å². The van der Waals surface area contributed by atoms with Crippen LogP contribution in [0.5, 0.6) is 0 Å². The van der Waals surface area contributed by atoms with Crippen LogP contribution in [0.1, 0.15) is 45.4 Å². The van der Waals surface area contributed by atoms with Crippen molar-refractivity contribution >= 4 is 18.3 Å². The third-order valence-corrected chi connectivity index (χ3v) is 4.93. The third-order valence-electron chi connectivity index (χ3n) is 4.93. The second-order valence-corrected chi connectivity index (χ2v) is 6.28. The van der Waals surface area contributed by atoms with Crippen LogP contribution in [0.3, 0.4) is 0 Å². The Kier molecular flexibility index (Phi) is 7.27. The molecule has 1 amide bonds. The summed E-state index contributed by atoms with van der Waals surface area (Å²) in [6.45, 7) is 4.93. The fourth-order valence-electron chi connectivity index (χ4n) is 3.49. The Morgan fingerprint density at radius 3 is 2.70 bits per heavy atom. The number of ether oxygens (including phenoxy) is 1. The molecule has 2 aliphatic rings. The summed E-state index contributed by atoms with van der Waals surface area (Å²) in [4.78, 5) is 12.7. The van der Waals surface area contributed by atoms with Gasteiger partial charge >= 0.3 is 0 Å². The SMILES string of the molecule is COCCC1(C(=O)NC2CCNCC2C)CCCC1.Cl. The lowest BCUT2D eigenvalue weighted by atomic mass is 9.81. The molecule has 0 aromatic heterocycles. The molecule has 0 aromatic carbocycles. The maximum Gasteiger partial charge on any atom is 0.226 e. The van der Waals surface area contributed by atoms with Crippen LogP contribution in [-0.2, 0) is 9.53 Å². The van der Waals surface area contributed by atoms with E-state index in [0.717, 1.165) is 38.8 Å². The van der Waals surface area contributed by atoms with Crippen molar-refractivity contribution < 1.29 is 9.53 Å². The van der Waals surface area contributed by atoms with Crippen LogP contribution in [0.2, 0.25) is 0 Å². The molecule has 2 rings (SSSR count). The maximum absolute atomic E-state index is 12.7. The standard InChI is InChI=1S/C15H28N2O2.ClH/c1-12-11-16-9-5-13(12)17-14(18)15(8-10-19-2)6-3-4-7-15;/h12-13,16H,3-11H2,1-2H3,(H,17,18);1H. The summed E-state index contributed by atoms with van der Waals surface area (Å²) in [6.07, 6.45) is 6.34. The molecule has 118 valence electrons. The number of carbonyl (C=O) groups excluding carboxylic acids is 1. The summed E-state index contributed by atoms with van der Waals surface area (Å²) in [6, 6.07) is 0.341. The molecule has 0 aromatic rings. The van der Waals surface area contributed by atoms with Gasteiger partial charge in [0.25, 0.3) is 0 Å². The quantitative estimate of drug-likeness (QED) is 0.818. The van der Waals surface area contributed by atoms with Crippen molar-refractivity contribution in [3.05, 3.63) is 0 Å². The van der Waals surface area contributed by atoms with Gasteiger partial charge in [-0.2, -0.15) is 0 Å². The van der Waals surface area contributed by atoms with Crippen molar-refractivity contribution in [3.8, 4) is 0 Å². The predicted molar refractivity (Wildman–Crippen MR) is 83.2 cm³/mol. The minimum atomic E-state index is -0.152. The topological polar surface area (TPSA) is 50.4 Å². The number of amides is 1. The smallest absolute Gasteiger partial charge is 0.226 e. The van der Waals surface area contributed by atoms with Crippen molar-refractivity contribution in [3.63, 3.8) is 0 Å². The van der Waals surface area contributed by atoms with Crippen LogP contribution in [0.15, 0.2) is 0 Å². The number of methoxy groups -OCH3 is 1. The molecule has 20 heavy (non-hydrogen) atoms. The number of carbonyl (C=O) groups is 1. The van der Waals surface area contributed by atoms with E-state index in [1.54, 1.807) is 7.11 Å².